The van der Waals surface area contributed by atoms with E-state index in [-0.39, 0.29) is 24.7 Å². The minimum Gasteiger partial charge on any atom is -0.466 e. The van der Waals surface area contributed by atoms with Crippen LogP contribution in [0, 0.1) is 0 Å². The number of carbonyl (C=O) groups excluding carboxylic acids is 2. The summed E-state index contributed by atoms with van der Waals surface area (Å²) in [5.74, 6) is -0.629. The minimum atomic E-state index is -0.366. The molecule has 0 unspecified atom stereocenters. The molecule has 140 valence electrons. The van der Waals surface area contributed by atoms with Crippen molar-refractivity contribution < 1.29 is 14.3 Å². The van der Waals surface area contributed by atoms with Crippen LogP contribution in [0.2, 0.25) is 5.02 Å². The van der Waals surface area contributed by atoms with E-state index in [1.807, 2.05) is 30.3 Å². The van der Waals surface area contributed by atoms with Crippen LogP contribution in [0.3, 0.4) is 0 Å². The second-order valence-corrected chi connectivity index (χ2v) is 7.46. The standard InChI is InChI=1S/C20H19ClN2O3S/c21-15-8-9-16-17(13-15)27-20(22-16)23-18(24)10-11-19(25)26-12-4-7-14-5-2-1-3-6-14/h1-3,5-6,8-9,13H,4,7,10-12H2,(H,22,23,24). The van der Waals surface area contributed by atoms with Gasteiger partial charge in [-0.25, -0.2) is 4.98 Å². The van der Waals surface area contributed by atoms with E-state index < -0.39 is 0 Å². The second kappa shape index (κ2) is 9.48. The Labute approximate surface area is 166 Å². The Kier molecular flexibility index (Phi) is 6.79. The fourth-order valence-electron chi connectivity index (χ4n) is 2.53. The molecular weight excluding hydrogens is 384 g/mol. The number of fused-ring (bicyclic) bond motifs is 1. The number of nitrogens with zero attached hydrogens (tertiary/aromatic N) is 1. The second-order valence-electron chi connectivity index (χ2n) is 5.99. The molecule has 0 spiro atoms. The number of hydrogen-bond donors (Lipinski definition) is 1. The molecule has 1 aromatic heterocycles. The number of hydrogen-bond acceptors (Lipinski definition) is 5. The van der Waals surface area contributed by atoms with E-state index in [4.69, 9.17) is 16.3 Å². The lowest BCUT2D eigenvalue weighted by atomic mass is 10.1. The number of nitrogens with one attached hydrogen (secondary N) is 1. The quantitative estimate of drug-likeness (QED) is 0.432. The molecule has 0 aliphatic heterocycles. The third-order valence-electron chi connectivity index (χ3n) is 3.87. The van der Waals surface area contributed by atoms with Gasteiger partial charge in [-0.2, -0.15) is 0 Å². The van der Waals surface area contributed by atoms with Crippen molar-refractivity contribution in [3.8, 4) is 0 Å². The lowest BCUT2D eigenvalue weighted by molar-refractivity contribution is -0.144. The van der Waals surface area contributed by atoms with Crippen LogP contribution in [0.4, 0.5) is 5.13 Å². The van der Waals surface area contributed by atoms with Gasteiger partial charge in [0.25, 0.3) is 0 Å². The van der Waals surface area contributed by atoms with Crippen molar-refractivity contribution in [1.82, 2.24) is 4.98 Å². The third-order valence-corrected chi connectivity index (χ3v) is 5.04. The molecule has 27 heavy (non-hydrogen) atoms. The zero-order chi connectivity index (χ0) is 19.1. The number of carbonyl (C=O) groups is 2. The molecule has 3 rings (SSSR count). The Morgan fingerprint density at radius 1 is 1.11 bits per heavy atom. The summed E-state index contributed by atoms with van der Waals surface area (Å²) in [4.78, 5) is 28.1. The summed E-state index contributed by atoms with van der Waals surface area (Å²) in [6.45, 7) is 0.355. The number of esters is 1. The molecule has 0 aliphatic rings. The van der Waals surface area contributed by atoms with Crippen LogP contribution >= 0.6 is 22.9 Å². The Morgan fingerprint density at radius 3 is 2.74 bits per heavy atom. The topological polar surface area (TPSA) is 68.3 Å². The molecule has 5 nitrogen and oxygen atoms in total. The highest BCUT2D eigenvalue weighted by Crippen LogP contribution is 2.28. The summed E-state index contributed by atoms with van der Waals surface area (Å²) in [5, 5.41) is 3.83. The summed E-state index contributed by atoms with van der Waals surface area (Å²) in [7, 11) is 0. The molecule has 0 saturated heterocycles. The number of thiazole rings is 1. The van der Waals surface area contributed by atoms with Gasteiger partial charge in [0.05, 0.1) is 23.2 Å². The first kappa shape index (κ1) is 19.3. The SMILES string of the molecule is O=C(CCC(=O)OCCCc1ccccc1)Nc1nc2ccc(Cl)cc2s1. The molecule has 0 aliphatic carbocycles. The lowest BCUT2D eigenvalue weighted by Gasteiger charge is -2.05. The fraction of sp³-hybridized carbons (Fsp3) is 0.250. The average molecular weight is 403 g/mol. The molecule has 0 bridgehead atoms. The molecule has 3 aromatic rings. The zero-order valence-corrected chi connectivity index (χ0v) is 16.2. The Bertz CT molecular complexity index is 927. The van der Waals surface area contributed by atoms with E-state index in [1.54, 1.807) is 18.2 Å². The highest BCUT2D eigenvalue weighted by Gasteiger charge is 2.11. The maximum absolute atomic E-state index is 12.0. The van der Waals surface area contributed by atoms with Crippen LogP contribution < -0.4 is 5.32 Å². The van der Waals surface area contributed by atoms with Gasteiger partial charge in [-0.1, -0.05) is 53.3 Å². The van der Waals surface area contributed by atoms with Gasteiger partial charge in [0.2, 0.25) is 5.91 Å². The maximum Gasteiger partial charge on any atom is 0.306 e. The highest BCUT2D eigenvalue weighted by atomic mass is 35.5. The molecule has 1 amide bonds. The van der Waals surface area contributed by atoms with Gasteiger partial charge in [-0.05, 0) is 36.6 Å². The number of ether oxygens (including phenoxy) is 1. The monoisotopic (exact) mass is 402 g/mol. The van der Waals surface area contributed by atoms with E-state index in [1.165, 1.54) is 16.9 Å². The Balaban J connectivity index is 1.36. The van der Waals surface area contributed by atoms with Crippen LogP contribution in [0.1, 0.15) is 24.8 Å². The zero-order valence-electron chi connectivity index (χ0n) is 14.6. The van der Waals surface area contributed by atoms with Crippen molar-refractivity contribution in [3.05, 3.63) is 59.1 Å². The van der Waals surface area contributed by atoms with Gasteiger partial charge in [0, 0.05) is 11.4 Å². The molecule has 0 radical (unpaired) electrons. The van der Waals surface area contributed by atoms with Crippen LogP contribution in [-0.2, 0) is 20.7 Å². The number of benzene rings is 2. The van der Waals surface area contributed by atoms with Crippen LogP contribution in [0.5, 0.6) is 0 Å². The smallest absolute Gasteiger partial charge is 0.306 e. The maximum atomic E-state index is 12.0. The summed E-state index contributed by atoms with van der Waals surface area (Å²) < 4.78 is 6.08. The normalized spacial score (nSPS) is 10.7. The first-order chi connectivity index (χ1) is 13.1. The van der Waals surface area contributed by atoms with Crippen molar-refractivity contribution in [1.29, 1.82) is 0 Å². The van der Waals surface area contributed by atoms with E-state index in [9.17, 15) is 9.59 Å². The molecule has 2 aromatic carbocycles. The van der Waals surface area contributed by atoms with Gasteiger partial charge in [0.15, 0.2) is 5.13 Å². The largest absolute Gasteiger partial charge is 0.466 e. The molecule has 0 atom stereocenters. The molecule has 7 heteroatoms. The van der Waals surface area contributed by atoms with Crippen LogP contribution in [0.15, 0.2) is 48.5 Å². The predicted molar refractivity (Wildman–Crippen MR) is 108 cm³/mol. The first-order valence-corrected chi connectivity index (χ1v) is 9.85. The molecular formula is C20H19ClN2O3S. The van der Waals surface area contributed by atoms with Crippen LogP contribution in [-0.4, -0.2) is 23.5 Å². The third kappa shape index (κ3) is 6.05. The molecule has 1 heterocycles. The number of aromatic nitrogens is 1. The van der Waals surface area contributed by atoms with Gasteiger partial charge >= 0.3 is 5.97 Å². The van der Waals surface area contributed by atoms with E-state index in [2.05, 4.69) is 10.3 Å². The van der Waals surface area contributed by atoms with Crippen molar-refractivity contribution in [2.45, 2.75) is 25.7 Å². The fourth-order valence-corrected chi connectivity index (χ4v) is 3.69. The van der Waals surface area contributed by atoms with Gasteiger partial charge in [0.1, 0.15) is 0 Å². The molecule has 0 fully saturated rings. The molecule has 0 saturated carbocycles. The number of aryl methyl sites for hydroxylation is 1. The highest BCUT2D eigenvalue weighted by molar-refractivity contribution is 7.22. The average Bonchev–Trinajstić information content (AvgIpc) is 3.05. The van der Waals surface area contributed by atoms with Crippen molar-refractivity contribution in [3.63, 3.8) is 0 Å². The number of anilines is 1. The predicted octanol–water partition coefficient (Wildman–Crippen LogP) is 4.84. The van der Waals surface area contributed by atoms with Gasteiger partial charge in [-0.3, -0.25) is 9.59 Å². The van der Waals surface area contributed by atoms with E-state index in [0.717, 1.165) is 23.1 Å². The van der Waals surface area contributed by atoms with E-state index >= 15 is 0 Å². The van der Waals surface area contributed by atoms with Crippen molar-refractivity contribution in [2.24, 2.45) is 0 Å². The van der Waals surface area contributed by atoms with Crippen molar-refractivity contribution >= 4 is 50.2 Å². The number of rotatable bonds is 8. The summed E-state index contributed by atoms with van der Waals surface area (Å²) in [6.07, 6.45) is 1.73. The van der Waals surface area contributed by atoms with Gasteiger partial charge < -0.3 is 10.1 Å². The van der Waals surface area contributed by atoms with Gasteiger partial charge in [-0.15, -0.1) is 0 Å². The lowest BCUT2D eigenvalue weighted by Crippen LogP contribution is -2.14. The summed E-state index contributed by atoms with van der Waals surface area (Å²) in [6, 6.07) is 15.4. The van der Waals surface area contributed by atoms with Crippen molar-refractivity contribution in [2.75, 3.05) is 11.9 Å². The summed E-state index contributed by atoms with van der Waals surface area (Å²) >= 11 is 7.29. The van der Waals surface area contributed by atoms with E-state index in [0.29, 0.717) is 16.8 Å². The number of halogens is 1. The minimum absolute atomic E-state index is 0.0495. The Morgan fingerprint density at radius 2 is 1.93 bits per heavy atom. The number of amides is 1. The molecule has 1 N–H and O–H groups in total. The Hall–Kier alpha value is -2.44. The summed E-state index contributed by atoms with van der Waals surface area (Å²) in [5.41, 5.74) is 1.99. The van der Waals surface area contributed by atoms with Crippen LogP contribution in [0.25, 0.3) is 10.2 Å². The first-order valence-electron chi connectivity index (χ1n) is 8.65.